The van der Waals surface area contributed by atoms with E-state index < -0.39 is 18.0 Å². The fourth-order valence-electron chi connectivity index (χ4n) is 5.53. The number of hydrogen-bond donors (Lipinski definition) is 1. The van der Waals surface area contributed by atoms with Crippen LogP contribution in [0.4, 0.5) is 4.79 Å². The van der Waals surface area contributed by atoms with E-state index in [1.807, 2.05) is 6.07 Å². The number of aromatic nitrogens is 2. The van der Waals surface area contributed by atoms with Gasteiger partial charge in [-0.3, -0.25) is 9.80 Å². The minimum atomic E-state index is -0.904. The maximum Gasteiger partial charge on any atom is 0.341 e. The average molecular weight is 533 g/mol. The van der Waals surface area contributed by atoms with Crippen molar-refractivity contribution < 1.29 is 23.7 Å². The molecule has 0 spiro atoms. The van der Waals surface area contributed by atoms with Crippen LogP contribution in [0.1, 0.15) is 49.3 Å². The third-order valence-corrected chi connectivity index (χ3v) is 7.54. The number of fused-ring (bicyclic) bond motifs is 1. The third kappa shape index (κ3) is 5.49. The summed E-state index contributed by atoms with van der Waals surface area (Å²) in [6.07, 6.45) is 3.46. The predicted octanol–water partition coefficient (Wildman–Crippen LogP) is 3.38. The molecule has 1 N–H and O–H groups in total. The number of allylic oxidation sites excluding steroid dienone is 1. The molecule has 11 heteroatoms. The number of piperidine rings is 1. The van der Waals surface area contributed by atoms with Crippen molar-refractivity contribution in [1.82, 2.24) is 30.5 Å². The largest absolute Gasteiger partial charge is 0.466 e. The van der Waals surface area contributed by atoms with Gasteiger partial charge in [-0.2, -0.15) is 0 Å². The van der Waals surface area contributed by atoms with Crippen LogP contribution in [0, 0.1) is 0 Å². The molecule has 3 amide bonds. The highest BCUT2D eigenvalue weighted by molar-refractivity contribution is 5.95. The normalized spacial score (nSPS) is 18.8. The Morgan fingerprint density at radius 2 is 1.87 bits per heavy atom. The molecule has 0 bridgehead atoms. The topological polar surface area (TPSA) is 121 Å². The SMILES string of the molecule is COC(=O)C1=C(C)NC(=O)N(N(C=O)CCCN2CCC(c3ccccc3)CC2)C1c1ccc2nonc2c1. The van der Waals surface area contributed by atoms with E-state index in [1.165, 1.54) is 22.7 Å². The number of urea groups is 1. The Morgan fingerprint density at radius 1 is 1.13 bits per heavy atom. The highest BCUT2D eigenvalue weighted by Gasteiger charge is 2.41. The summed E-state index contributed by atoms with van der Waals surface area (Å²) < 4.78 is 9.86. The van der Waals surface area contributed by atoms with Crippen LogP contribution in [-0.2, 0) is 14.3 Å². The Labute approximate surface area is 226 Å². The van der Waals surface area contributed by atoms with Crippen LogP contribution in [0.15, 0.2) is 64.4 Å². The molecule has 0 saturated carbocycles. The number of ether oxygens (including phenoxy) is 1. The van der Waals surface area contributed by atoms with E-state index in [2.05, 4.69) is 44.8 Å². The van der Waals surface area contributed by atoms with Crippen LogP contribution >= 0.6 is 0 Å². The van der Waals surface area contributed by atoms with Gasteiger partial charge in [0.15, 0.2) is 0 Å². The molecule has 1 aromatic heterocycles. The number of carbonyl (C=O) groups excluding carboxylic acids is 3. The first kappa shape index (κ1) is 26.4. The summed E-state index contributed by atoms with van der Waals surface area (Å²) in [6, 6.07) is 14.3. The Hall–Kier alpha value is -4.25. The van der Waals surface area contributed by atoms with Crippen LogP contribution in [0.5, 0.6) is 0 Å². The lowest BCUT2D eigenvalue weighted by Crippen LogP contribution is -2.56. The minimum absolute atomic E-state index is 0.225. The predicted molar refractivity (Wildman–Crippen MR) is 142 cm³/mol. The van der Waals surface area contributed by atoms with Crippen LogP contribution in [0.3, 0.4) is 0 Å². The van der Waals surface area contributed by atoms with Crippen molar-refractivity contribution in [3.8, 4) is 0 Å². The number of hydrazine groups is 1. The van der Waals surface area contributed by atoms with Crippen LogP contribution in [0.25, 0.3) is 11.0 Å². The van der Waals surface area contributed by atoms with E-state index in [-0.39, 0.29) is 5.57 Å². The standard InChI is InChI=1S/C28H32N6O5/c1-19-25(27(36)38-2)26(22-9-10-23-24(17-22)31-39-30-23)34(28(37)29-19)33(18-35)14-6-13-32-15-11-21(12-16-32)20-7-4-3-5-8-20/h3-5,7-10,17-18,21,26H,6,11-16H2,1-2H3,(H,29,37). The number of methoxy groups -OCH3 is 1. The molecular formula is C28H32N6O5. The molecule has 1 unspecified atom stereocenters. The lowest BCUT2D eigenvalue weighted by Gasteiger charge is -2.42. The van der Waals surface area contributed by atoms with Gasteiger partial charge in [0.05, 0.1) is 12.7 Å². The Balaban J connectivity index is 1.31. The summed E-state index contributed by atoms with van der Waals surface area (Å²) in [7, 11) is 1.28. The zero-order chi connectivity index (χ0) is 27.4. The molecule has 5 rings (SSSR count). The first-order valence-corrected chi connectivity index (χ1v) is 13.1. The Kier molecular flexibility index (Phi) is 7.87. The van der Waals surface area contributed by atoms with Gasteiger partial charge >= 0.3 is 12.0 Å². The maximum absolute atomic E-state index is 13.3. The molecule has 2 aliphatic heterocycles. The summed E-state index contributed by atoms with van der Waals surface area (Å²) >= 11 is 0. The van der Waals surface area contributed by atoms with Gasteiger partial charge in [0.25, 0.3) is 0 Å². The maximum atomic E-state index is 13.3. The zero-order valence-corrected chi connectivity index (χ0v) is 22.1. The molecule has 11 nitrogen and oxygen atoms in total. The van der Waals surface area contributed by atoms with Gasteiger partial charge in [-0.05, 0) is 85.3 Å². The highest BCUT2D eigenvalue weighted by atomic mass is 16.6. The van der Waals surface area contributed by atoms with Crippen molar-refractivity contribution in [1.29, 1.82) is 0 Å². The van der Waals surface area contributed by atoms with Crippen molar-refractivity contribution >= 4 is 29.4 Å². The molecular weight excluding hydrogens is 500 g/mol. The van der Waals surface area contributed by atoms with Gasteiger partial charge in [-0.1, -0.05) is 36.4 Å². The molecule has 3 aromatic rings. The van der Waals surface area contributed by atoms with E-state index in [0.29, 0.717) is 47.6 Å². The fourth-order valence-corrected chi connectivity index (χ4v) is 5.53. The molecule has 204 valence electrons. The smallest absolute Gasteiger partial charge is 0.341 e. The summed E-state index contributed by atoms with van der Waals surface area (Å²) in [4.78, 5) is 40.9. The number of nitrogens with one attached hydrogen (secondary N) is 1. The number of nitrogens with zero attached hydrogens (tertiary/aromatic N) is 5. The quantitative estimate of drug-likeness (QED) is 0.329. The molecule has 0 aliphatic carbocycles. The number of benzene rings is 2. The van der Waals surface area contributed by atoms with Crippen LogP contribution < -0.4 is 5.32 Å². The molecule has 39 heavy (non-hydrogen) atoms. The second-order valence-corrected chi connectivity index (χ2v) is 9.87. The lowest BCUT2D eigenvalue weighted by molar-refractivity contribution is -0.141. The van der Waals surface area contributed by atoms with Gasteiger partial charge < -0.3 is 15.0 Å². The molecule has 1 atom stereocenters. The second kappa shape index (κ2) is 11.6. The van der Waals surface area contributed by atoms with Gasteiger partial charge in [0.1, 0.15) is 17.1 Å². The number of rotatable bonds is 9. The first-order valence-electron chi connectivity index (χ1n) is 13.1. The van der Waals surface area contributed by atoms with E-state index in [9.17, 15) is 14.4 Å². The van der Waals surface area contributed by atoms with Gasteiger partial charge in [-0.25, -0.2) is 19.2 Å². The number of esters is 1. The minimum Gasteiger partial charge on any atom is -0.466 e. The molecule has 1 saturated heterocycles. The van der Waals surface area contributed by atoms with E-state index in [0.717, 1.165) is 32.5 Å². The summed E-state index contributed by atoms with van der Waals surface area (Å²) in [5, 5.41) is 13.0. The van der Waals surface area contributed by atoms with Crippen LogP contribution in [-0.4, -0.2) is 76.9 Å². The van der Waals surface area contributed by atoms with Crippen molar-refractivity contribution in [2.24, 2.45) is 0 Å². The monoisotopic (exact) mass is 532 g/mol. The van der Waals surface area contributed by atoms with Gasteiger partial charge in [-0.15, -0.1) is 0 Å². The third-order valence-electron chi connectivity index (χ3n) is 7.54. The number of likely N-dealkylation sites (tertiary alicyclic amines) is 1. The number of hydrogen-bond acceptors (Lipinski definition) is 8. The lowest BCUT2D eigenvalue weighted by atomic mass is 9.89. The molecule has 2 aliphatic rings. The fraction of sp³-hybridized carbons (Fsp3) is 0.393. The Bertz CT molecular complexity index is 1370. The van der Waals surface area contributed by atoms with Gasteiger partial charge in [0.2, 0.25) is 6.41 Å². The van der Waals surface area contributed by atoms with E-state index >= 15 is 0 Å². The summed E-state index contributed by atoms with van der Waals surface area (Å²) in [6.45, 7) is 4.69. The molecule has 0 radical (unpaired) electrons. The first-order chi connectivity index (χ1) is 19.0. The zero-order valence-electron chi connectivity index (χ0n) is 22.1. The average Bonchev–Trinajstić information content (AvgIpc) is 3.44. The van der Waals surface area contributed by atoms with Gasteiger partial charge in [0, 0.05) is 12.2 Å². The summed E-state index contributed by atoms with van der Waals surface area (Å²) in [5.74, 6) is -0.0382. The molecule has 1 fully saturated rings. The highest BCUT2D eigenvalue weighted by Crippen LogP contribution is 2.36. The number of carbonyl (C=O) groups is 3. The van der Waals surface area contributed by atoms with Crippen LogP contribution in [0.2, 0.25) is 0 Å². The molecule has 2 aromatic carbocycles. The number of amides is 3. The van der Waals surface area contributed by atoms with Crippen molar-refractivity contribution in [3.05, 3.63) is 70.9 Å². The summed E-state index contributed by atoms with van der Waals surface area (Å²) in [5.41, 5.74) is 3.55. The second-order valence-electron chi connectivity index (χ2n) is 9.87. The Morgan fingerprint density at radius 3 is 2.59 bits per heavy atom. The van der Waals surface area contributed by atoms with Crippen molar-refractivity contribution in [2.75, 3.05) is 33.3 Å². The van der Waals surface area contributed by atoms with E-state index in [1.54, 1.807) is 25.1 Å². The van der Waals surface area contributed by atoms with Crippen molar-refractivity contribution in [3.63, 3.8) is 0 Å². The molecule has 3 heterocycles. The van der Waals surface area contributed by atoms with E-state index in [4.69, 9.17) is 9.37 Å². The van der Waals surface area contributed by atoms with Crippen molar-refractivity contribution in [2.45, 2.75) is 38.1 Å².